The van der Waals surface area contributed by atoms with Crippen molar-refractivity contribution in [3.8, 4) is 11.5 Å². The Kier molecular flexibility index (Phi) is 17.0. The van der Waals surface area contributed by atoms with Crippen molar-refractivity contribution >= 4 is 83.6 Å². The van der Waals surface area contributed by atoms with Crippen LogP contribution < -0.4 is 34.8 Å². The van der Waals surface area contributed by atoms with E-state index < -0.39 is 20.2 Å². The number of azo groups is 2. The Morgan fingerprint density at radius 2 is 0.969 bits per heavy atom. The van der Waals surface area contributed by atoms with E-state index in [1.807, 2.05) is 37.5 Å². The maximum Gasteiger partial charge on any atom is 0.294 e. The van der Waals surface area contributed by atoms with Crippen molar-refractivity contribution in [2.45, 2.75) is 37.5 Å². The molecule has 0 unspecified atom stereocenters. The zero-order valence-corrected chi connectivity index (χ0v) is 38.2. The lowest BCUT2D eigenvalue weighted by atomic mass is 10.2. The minimum absolute atomic E-state index is 0.0263. The Hall–Kier alpha value is -6.57. The highest BCUT2D eigenvalue weighted by molar-refractivity contribution is 7.86. The van der Waals surface area contributed by atoms with Gasteiger partial charge in [-0.2, -0.15) is 42.0 Å². The van der Waals surface area contributed by atoms with Gasteiger partial charge in [0.25, 0.3) is 20.2 Å². The van der Waals surface area contributed by atoms with Gasteiger partial charge in [0.15, 0.2) is 0 Å². The summed E-state index contributed by atoms with van der Waals surface area (Å²) < 4.78 is 78.2. The Bertz CT molecular complexity index is 2540. The smallest absolute Gasteiger partial charge is 0.294 e. The number of aromatic nitrogens is 3. The molecule has 1 aromatic heterocycles. The van der Waals surface area contributed by atoms with Crippen molar-refractivity contribution in [1.29, 1.82) is 0 Å². The zero-order chi connectivity index (χ0) is 47.3. The minimum atomic E-state index is -4.53. The van der Waals surface area contributed by atoms with Gasteiger partial charge in [-0.25, -0.2) is 0 Å². The van der Waals surface area contributed by atoms with Crippen molar-refractivity contribution in [1.82, 2.24) is 15.0 Å². The van der Waals surface area contributed by atoms with Crippen molar-refractivity contribution < 1.29 is 45.6 Å². The molecule has 4 aromatic carbocycles. The predicted molar refractivity (Wildman–Crippen MR) is 247 cm³/mol. The molecule has 0 bridgehead atoms. The van der Waals surface area contributed by atoms with Gasteiger partial charge in [-0.05, 0) is 76.2 Å². The van der Waals surface area contributed by atoms with E-state index >= 15 is 0 Å². The molecular weight excluding hydrogens is 885 g/mol. The van der Waals surface area contributed by atoms with Crippen LogP contribution in [0.5, 0.6) is 11.5 Å². The summed E-state index contributed by atoms with van der Waals surface area (Å²) in [6, 6.07) is 17.4. The first kappa shape index (κ1) is 49.4. The third-order valence-corrected chi connectivity index (χ3v) is 11.4. The van der Waals surface area contributed by atoms with Gasteiger partial charge in [-0.1, -0.05) is 12.1 Å². The van der Waals surface area contributed by atoms with Crippen molar-refractivity contribution in [2.75, 3.05) is 92.0 Å². The molecule has 5 aromatic rings. The van der Waals surface area contributed by atoms with E-state index in [4.69, 9.17) is 14.5 Å². The number of nitrogens with zero attached hydrogens (tertiary/aromatic N) is 10. The summed E-state index contributed by atoms with van der Waals surface area (Å²) in [6.07, 6.45) is 0. The molecule has 22 nitrogen and oxygen atoms in total. The first-order valence-electron chi connectivity index (χ1n) is 20.3. The minimum Gasteiger partial charge on any atom is -0.494 e. The predicted octanol–water partition coefficient (Wildman–Crippen LogP) is 7.18. The molecular formula is C41H52N12O10S2. The number of hydrogen-bond donors (Lipinski definition) is 6. The molecule has 0 saturated carbocycles. The maximum atomic E-state index is 11.9. The van der Waals surface area contributed by atoms with Crippen LogP contribution in [-0.4, -0.2) is 118 Å². The summed E-state index contributed by atoms with van der Waals surface area (Å²) in [5.74, 6) is 0.901. The Labute approximate surface area is 377 Å². The van der Waals surface area contributed by atoms with E-state index in [0.29, 0.717) is 60.4 Å². The molecule has 5 rings (SSSR count). The number of nitrogens with one attached hydrogen (secondary N) is 2. The van der Waals surface area contributed by atoms with E-state index in [-0.39, 0.29) is 76.7 Å². The highest BCUT2D eigenvalue weighted by Crippen LogP contribution is 2.42. The summed E-state index contributed by atoms with van der Waals surface area (Å²) in [7, 11) is -6.03. The standard InChI is InChI=1S/C41H52N12O10S2/c1-7-51(8-2)35-23-31(33(25-37(35)62-5)49-47-27-13-11-15-29(21-27)64(56,57)58)42-39-44-40(46-41(45-39)53(17-19-54)18-20-55)43-32-24-36(52(9-3)10-4)38(63-6)26-34(32)50-48-28-14-12-16-30(22-28)65(59,60)61/h11-16,21-26,54-55H,7-10,17-20H2,1-6H3,(H,56,57,58)(H,59,60,61)(H2,42,43,44,45,46). The Morgan fingerprint density at radius 3 is 1.31 bits per heavy atom. The number of rotatable bonds is 23. The van der Waals surface area contributed by atoms with Gasteiger partial charge in [0, 0.05) is 51.4 Å². The van der Waals surface area contributed by atoms with Gasteiger partial charge in [-0.15, -0.1) is 10.2 Å². The quantitative estimate of drug-likeness (QED) is 0.0279. The first-order valence-corrected chi connectivity index (χ1v) is 23.2. The molecule has 65 heavy (non-hydrogen) atoms. The average molecular weight is 937 g/mol. The fourth-order valence-electron chi connectivity index (χ4n) is 6.48. The molecule has 0 aliphatic carbocycles. The summed E-state index contributed by atoms with van der Waals surface area (Å²) in [5.41, 5.74) is 2.70. The average Bonchev–Trinajstić information content (AvgIpc) is 3.28. The summed E-state index contributed by atoms with van der Waals surface area (Å²) >= 11 is 0. The van der Waals surface area contributed by atoms with Crippen LogP contribution in [0.4, 0.5) is 63.3 Å². The number of ether oxygens (including phenoxy) is 2. The second kappa shape index (κ2) is 22.4. The summed E-state index contributed by atoms with van der Waals surface area (Å²) in [5, 5.41) is 43.8. The third-order valence-electron chi connectivity index (χ3n) is 9.72. The van der Waals surface area contributed by atoms with E-state index in [2.05, 4.69) is 41.1 Å². The molecule has 0 amide bonds. The van der Waals surface area contributed by atoms with Crippen molar-refractivity contribution in [3.05, 3.63) is 72.8 Å². The summed E-state index contributed by atoms with van der Waals surface area (Å²) in [6.45, 7) is 9.83. The lowest BCUT2D eigenvalue weighted by Gasteiger charge is -2.25. The van der Waals surface area contributed by atoms with Gasteiger partial charge >= 0.3 is 0 Å². The van der Waals surface area contributed by atoms with Crippen molar-refractivity contribution in [3.63, 3.8) is 0 Å². The fraction of sp³-hybridized carbons (Fsp3) is 0.341. The monoisotopic (exact) mass is 936 g/mol. The highest BCUT2D eigenvalue weighted by Gasteiger charge is 2.21. The SMILES string of the molecule is CCN(CC)c1cc(Nc2nc(Nc3cc(N(CC)CC)c(OC)cc3N=Nc3cccc(S(=O)(=O)O)c3)nc(N(CCO)CCO)n2)c(N=Nc2cccc(S(=O)(=O)O)c2)cc1OC. The number of benzene rings is 4. The Morgan fingerprint density at radius 1 is 0.569 bits per heavy atom. The molecule has 6 N–H and O–H groups in total. The van der Waals surface area contributed by atoms with Crippen LogP contribution in [0.1, 0.15) is 27.7 Å². The van der Waals surface area contributed by atoms with Gasteiger partial charge in [0.1, 0.15) is 22.9 Å². The van der Waals surface area contributed by atoms with Crippen molar-refractivity contribution in [2.24, 2.45) is 20.5 Å². The topological polar surface area (TPSA) is 290 Å². The van der Waals surface area contributed by atoms with E-state index in [9.17, 15) is 36.2 Å². The normalized spacial score (nSPS) is 11.8. The number of methoxy groups -OCH3 is 2. The lowest BCUT2D eigenvalue weighted by molar-refractivity contribution is 0.280. The molecule has 0 spiro atoms. The lowest BCUT2D eigenvalue weighted by Crippen LogP contribution is -2.31. The summed E-state index contributed by atoms with van der Waals surface area (Å²) in [4.78, 5) is 19.0. The third kappa shape index (κ3) is 12.8. The van der Waals surface area contributed by atoms with E-state index in [0.717, 1.165) is 12.1 Å². The van der Waals surface area contributed by atoms with E-state index in [1.54, 1.807) is 29.2 Å². The van der Waals surface area contributed by atoms with Crippen LogP contribution in [0.2, 0.25) is 0 Å². The number of anilines is 7. The van der Waals surface area contributed by atoms with Crippen LogP contribution in [0.15, 0.2) is 103 Å². The van der Waals surface area contributed by atoms with Gasteiger partial charge in [0.2, 0.25) is 17.8 Å². The molecule has 0 fully saturated rings. The Balaban J connectivity index is 1.71. The second-order valence-electron chi connectivity index (χ2n) is 13.7. The molecule has 0 aliphatic heterocycles. The molecule has 0 atom stereocenters. The maximum absolute atomic E-state index is 11.9. The molecule has 24 heteroatoms. The molecule has 1 heterocycles. The molecule has 0 radical (unpaired) electrons. The van der Waals surface area contributed by atoms with Crippen LogP contribution >= 0.6 is 0 Å². The number of aliphatic hydroxyl groups is 2. The van der Waals surface area contributed by atoms with Crippen LogP contribution in [-0.2, 0) is 20.2 Å². The number of aliphatic hydroxyl groups excluding tert-OH is 2. The van der Waals surface area contributed by atoms with Crippen LogP contribution in [0.3, 0.4) is 0 Å². The largest absolute Gasteiger partial charge is 0.494 e. The number of hydrogen-bond acceptors (Lipinski definition) is 20. The van der Waals surface area contributed by atoms with Gasteiger partial charge < -0.3 is 45.0 Å². The molecule has 348 valence electrons. The first-order chi connectivity index (χ1) is 31.1. The second-order valence-corrected chi connectivity index (χ2v) is 16.6. The van der Waals surface area contributed by atoms with Gasteiger partial charge in [0.05, 0.1) is 71.3 Å². The molecule has 0 saturated heterocycles. The fourth-order valence-corrected chi connectivity index (χ4v) is 7.52. The zero-order valence-electron chi connectivity index (χ0n) is 36.6. The van der Waals surface area contributed by atoms with Crippen LogP contribution in [0.25, 0.3) is 0 Å². The molecule has 0 aliphatic rings. The van der Waals surface area contributed by atoms with Crippen LogP contribution in [0, 0.1) is 0 Å². The highest BCUT2D eigenvalue weighted by atomic mass is 32.2. The van der Waals surface area contributed by atoms with E-state index in [1.165, 1.54) is 50.6 Å². The van der Waals surface area contributed by atoms with Gasteiger partial charge in [-0.3, -0.25) is 9.11 Å².